The van der Waals surface area contributed by atoms with E-state index in [0.717, 1.165) is 22.3 Å². The van der Waals surface area contributed by atoms with Gasteiger partial charge < -0.3 is 14.7 Å². The van der Waals surface area contributed by atoms with Crippen LogP contribution in [0.3, 0.4) is 0 Å². The molecule has 0 fully saturated rings. The number of fused-ring (bicyclic) bond motifs is 1. The van der Waals surface area contributed by atoms with Gasteiger partial charge in [0, 0.05) is 19.0 Å². The number of sulfonamides is 1. The van der Waals surface area contributed by atoms with Gasteiger partial charge in [-0.3, -0.25) is 4.79 Å². The highest BCUT2D eigenvalue weighted by Crippen LogP contribution is 2.37. The van der Waals surface area contributed by atoms with Gasteiger partial charge in [-0.05, 0) is 92.9 Å². The molecule has 2 atom stereocenters. The van der Waals surface area contributed by atoms with Gasteiger partial charge in [0.05, 0.1) is 6.42 Å². The molecule has 0 saturated carbocycles. The number of halogens is 1. The van der Waals surface area contributed by atoms with E-state index in [-0.39, 0.29) is 23.7 Å². The molecule has 1 aliphatic rings. The minimum Gasteiger partial charge on any atom is -0.481 e. The molecule has 9 heteroatoms. The van der Waals surface area contributed by atoms with Gasteiger partial charge in [-0.25, -0.2) is 12.8 Å². The summed E-state index contributed by atoms with van der Waals surface area (Å²) >= 11 is 0. The van der Waals surface area contributed by atoms with Gasteiger partial charge in [-0.2, -0.15) is 4.31 Å². The summed E-state index contributed by atoms with van der Waals surface area (Å²) in [6.07, 6.45) is -0.407. The maximum atomic E-state index is 14.8. The Bertz CT molecular complexity index is 1490. The predicted molar refractivity (Wildman–Crippen MR) is 148 cm³/mol. The SMILES string of the molecule is Cc1ccc(C(CC(=O)O)c2cc(CCN(C)C)c(F)cc2C)cc1CN1[C@@H](C)Oc2ccccc2S1(=O)=O. The van der Waals surface area contributed by atoms with Crippen molar-refractivity contribution in [2.75, 3.05) is 20.6 Å². The summed E-state index contributed by atoms with van der Waals surface area (Å²) < 4.78 is 48.9. The number of rotatable bonds is 9. The van der Waals surface area contributed by atoms with E-state index in [1.807, 2.05) is 44.1 Å². The molecule has 1 heterocycles. The summed E-state index contributed by atoms with van der Waals surface area (Å²) in [6, 6.07) is 15.4. The van der Waals surface area contributed by atoms with Crippen LogP contribution in [0, 0.1) is 19.7 Å². The Hall–Kier alpha value is -3.27. The van der Waals surface area contributed by atoms with Crippen LogP contribution in [0.1, 0.15) is 52.6 Å². The number of hydrogen-bond acceptors (Lipinski definition) is 5. The summed E-state index contributed by atoms with van der Waals surface area (Å²) in [5, 5.41) is 9.79. The average Bonchev–Trinajstić information content (AvgIpc) is 2.86. The van der Waals surface area contributed by atoms with E-state index in [1.54, 1.807) is 38.1 Å². The number of aliphatic carboxylic acids is 1. The number of para-hydroxylation sites is 1. The van der Waals surface area contributed by atoms with Gasteiger partial charge in [-0.1, -0.05) is 36.4 Å². The monoisotopic (exact) mass is 554 g/mol. The first-order chi connectivity index (χ1) is 18.4. The molecule has 0 saturated heterocycles. The van der Waals surface area contributed by atoms with Crippen LogP contribution < -0.4 is 4.74 Å². The number of hydrogen-bond donors (Lipinski definition) is 1. The Labute approximate surface area is 229 Å². The number of carboxylic acid groups (broad SMARTS) is 1. The second-order valence-electron chi connectivity index (χ2n) is 10.4. The Kier molecular flexibility index (Phi) is 8.44. The molecule has 4 rings (SSSR count). The van der Waals surface area contributed by atoms with Crippen LogP contribution in [0.5, 0.6) is 5.75 Å². The number of ether oxygens (including phenoxy) is 1. The van der Waals surface area contributed by atoms with Crippen molar-refractivity contribution < 1.29 is 27.4 Å². The molecule has 0 aromatic heterocycles. The van der Waals surface area contributed by atoms with E-state index in [9.17, 15) is 22.7 Å². The topological polar surface area (TPSA) is 87.2 Å². The minimum absolute atomic E-state index is 0.0633. The third kappa shape index (κ3) is 6.16. The van der Waals surface area contributed by atoms with E-state index >= 15 is 0 Å². The lowest BCUT2D eigenvalue weighted by Gasteiger charge is -2.34. The lowest BCUT2D eigenvalue weighted by atomic mass is 9.83. The summed E-state index contributed by atoms with van der Waals surface area (Å²) in [6.45, 7) is 6.09. The molecule has 0 aliphatic carbocycles. The Morgan fingerprint density at radius 3 is 2.49 bits per heavy atom. The van der Waals surface area contributed by atoms with Crippen molar-refractivity contribution in [1.82, 2.24) is 9.21 Å². The summed E-state index contributed by atoms with van der Waals surface area (Å²) in [7, 11) is 0.0223. The zero-order valence-corrected chi connectivity index (χ0v) is 23.8. The van der Waals surface area contributed by atoms with Gasteiger partial charge in [0.15, 0.2) is 6.23 Å². The Morgan fingerprint density at radius 2 is 1.79 bits per heavy atom. The van der Waals surface area contributed by atoms with Crippen molar-refractivity contribution in [1.29, 1.82) is 0 Å². The highest BCUT2D eigenvalue weighted by atomic mass is 32.2. The first-order valence-electron chi connectivity index (χ1n) is 12.9. The van der Waals surface area contributed by atoms with Gasteiger partial charge in [0.1, 0.15) is 16.5 Å². The first-order valence-corrected chi connectivity index (χ1v) is 14.3. The average molecular weight is 555 g/mol. The normalized spacial score (nSPS) is 17.5. The van der Waals surface area contributed by atoms with Crippen LogP contribution in [0.2, 0.25) is 0 Å². The van der Waals surface area contributed by atoms with Gasteiger partial charge in [0.2, 0.25) is 10.0 Å². The third-order valence-corrected chi connectivity index (χ3v) is 9.19. The lowest BCUT2D eigenvalue weighted by Crippen LogP contribution is -2.44. The molecule has 1 aliphatic heterocycles. The maximum Gasteiger partial charge on any atom is 0.304 e. The van der Waals surface area contributed by atoms with Crippen molar-refractivity contribution in [3.63, 3.8) is 0 Å². The number of carboxylic acids is 1. The van der Waals surface area contributed by atoms with E-state index in [1.165, 1.54) is 16.4 Å². The molecule has 208 valence electrons. The lowest BCUT2D eigenvalue weighted by molar-refractivity contribution is -0.137. The fraction of sp³-hybridized carbons (Fsp3) is 0.367. The number of benzene rings is 3. The number of aryl methyl sites for hydroxylation is 2. The molecular formula is C30H35FN2O5S. The Morgan fingerprint density at radius 1 is 1.08 bits per heavy atom. The van der Waals surface area contributed by atoms with E-state index in [2.05, 4.69) is 0 Å². The van der Waals surface area contributed by atoms with Gasteiger partial charge >= 0.3 is 5.97 Å². The Balaban J connectivity index is 1.74. The van der Waals surface area contributed by atoms with Crippen LogP contribution in [0.4, 0.5) is 4.39 Å². The van der Waals surface area contributed by atoms with Gasteiger partial charge in [-0.15, -0.1) is 0 Å². The van der Waals surface area contributed by atoms with Crippen molar-refractivity contribution in [3.05, 3.63) is 93.8 Å². The predicted octanol–water partition coefficient (Wildman–Crippen LogP) is 5.08. The van der Waals surface area contributed by atoms with Gasteiger partial charge in [0.25, 0.3) is 0 Å². The van der Waals surface area contributed by atoms with Crippen LogP contribution in [0.25, 0.3) is 0 Å². The molecule has 0 radical (unpaired) electrons. The van der Waals surface area contributed by atoms with Crippen molar-refractivity contribution in [2.24, 2.45) is 0 Å². The van der Waals surface area contributed by atoms with E-state index in [0.29, 0.717) is 29.8 Å². The highest BCUT2D eigenvalue weighted by molar-refractivity contribution is 7.89. The second kappa shape index (κ2) is 11.5. The molecule has 3 aromatic carbocycles. The zero-order valence-electron chi connectivity index (χ0n) is 22.9. The molecule has 7 nitrogen and oxygen atoms in total. The van der Waals surface area contributed by atoms with Crippen LogP contribution in [0.15, 0.2) is 59.5 Å². The summed E-state index contributed by atoms with van der Waals surface area (Å²) in [4.78, 5) is 14.1. The molecule has 0 amide bonds. The third-order valence-electron chi connectivity index (χ3n) is 7.26. The first kappa shape index (κ1) is 28.7. The smallest absolute Gasteiger partial charge is 0.304 e. The van der Waals surface area contributed by atoms with Crippen molar-refractivity contribution in [3.8, 4) is 5.75 Å². The zero-order chi connectivity index (χ0) is 28.5. The summed E-state index contributed by atoms with van der Waals surface area (Å²) in [5.74, 6) is -1.49. The molecule has 0 spiro atoms. The number of nitrogens with zero attached hydrogens (tertiary/aromatic N) is 2. The fourth-order valence-electron chi connectivity index (χ4n) is 5.01. The molecule has 3 aromatic rings. The largest absolute Gasteiger partial charge is 0.481 e. The quantitative estimate of drug-likeness (QED) is 0.397. The highest BCUT2D eigenvalue weighted by Gasteiger charge is 2.38. The van der Waals surface area contributed by atoms with Crippen molar-refractivity contribution >= 4 is 16.0 Å². The fourth-order valence-corrected chi connectivity index (χ4v) is 6.63. The van der Waals surface area contributed by atoms with E-state index < -0.39 is 28.1 Å². The minimum atomic E-state index is -3.81. The number of likely N-dealkylation sites (N-methyl/N-ethyl adjacent to an activating group) is 1. The van der Waals surface area contributed by atoms with Crippen LogP contribution in [-0.4, -0.2) is 55.6 Å². The molecular weight excluding hydrogens is 519 g/mol. The molecule has 39 heavy (non-hydrogen) atoms. The standard InChI is InChI=1S/C30H35FN2O5S/c1-19-10-11-22(15-24(19)18-33-21(3)38-28-8-6-7-9-29(28)39(33,36)37)26(17-30(34)35)25-16-23(12-13-32(4)5)27(31)14-20(25)2/h6-11,14-16,21,26H,12-13,17-18H2,1-5H3,(H,34,35)/t21-,26?/m1/s1. The summed E-state index contributed by atoms with van der Waals surface area (Å²) in [5.41, 5.74) is 4.31. The van der Waals surface area contributed by atoms with Crippen LogP contribution >= 0.6 is 0 Å². The number of carbonyl (C=O) groups is 1. The van der Waals surface area contributed by atoms with Crippen molar-refractivity contribution in [2.45, 2.75) is 57.2 Å². The molecule has 1 N–H and O–H groups in total. The molecule has 0 bridgehead atoms. The second-order valence-corrected chi connectivity index (χ2v) is 12.3. The van der Waals surface area contributed by atoms with Crippen LogP contribution in [-0.2, 0) is 27.8 Å². The molecule has 1 unspecified atom stereocenters. The van der Waals surface area contributed by atoms with E-state index in [4.69, 9.17) is 4.74 Å². The maximum absolute atomic E-state index is 14.8.